The second kappa shape index (κ2) is 4.73. The molecule has 1 aromatic heterocycles. The third kappa shape index (κ3) is 1.93. The molecule has 18 heavy (non-hydrogen) atoms. The molecule has 0 atom stereocenters. The van der Waals surface area contributed by atoms with Crippen molar-refractivity contribution >= 4 is 11.0 Å². The molecule has 0 bridgehead atoms. The maximum Gasteiger partial charge on any atom is 0.112 e. The van der Waals surface area contributed by atoms with E-state index >= 15 is 0 Å². The topological polar surface area (TPSA) is 29.9 Å². The van der Waals surface area contributed by atoms with Crippen molar-refractivity contribution in [3.8, 4) is 0 Å². The van der Waals surface area contributed by atoms with Crippen LogP contribution in [0.5, 0.6) is 0 Å². The number of imidazole rings is 1. The molecule has 96 valence electrons. The molecule has 1 fully saturated rings. The van der Waals surface area contributed by atoms with Crippen LogP contribution in [-0.2, 0) is 13.5 Å². The second-order valence-electron chi connectivity index (χ2n) is 5.33. The van der Waals surface area contributed by atoms with E-state index in [4.69, 9.17) is 4.98 Å². The zero-order valence-corrected chi connectivity index (χ0v) is 11.2. The molecular formula is C15H21N3. The first-order valence-corrected chi connectivity index (χ1v) is 6.89. The highest BCUT2D eigenvalue weighted by Crippen LogP contribution is 2.36. The number of benzene rings is 1. The molecule has 2 aromatic rings. The third-order valence-corrected chi connectivity index (χ3v) is 4.11. The number of hydrogen-bond acceptors (Lipinski definition) is 2. The van der Waals surface area contributed by atoms with Crippen LogP contribution in [0.25, 0.3) is 11.0 Å². The highest BCUT2D eigenvalue weighted by atomic mass is 15.1. The van der Waals surface area contributed by atoms with Gasteiger partial charge in [-0.25, -0.2) is 4.98 Å². The van der Waals surface area contributed by atoms with Crippen LogP contribution < -0.4 is 5.32 Å². The van der Waals surface area contributed by atoms with E-state index in [1.807, 2.05) is 7.05 Å². The van der Waals surface area contributed by atoms with Gasteiger partial charge < -0.3 is 9.88 Å². The van der Waals surface area contributed by atoms with E-state index in [-0.39, 0.29) is 0 Å². The lowest BCUT2D eigenvalue weighted by Gasteiger charge is -2.24. The molecule has 1 aromatic carbocycles. The van der Waals surface area contributed by atoms with Gasteiger partial charge in [-0.05, 0) is 50.6 Å². The molecule has 0 spiro atoms. The monoisotopic (exact) mass is 243 g/mol. The molecule has 0 unspecified atom stereocenters. The number of hydrogen-bond donors (Lipinski definition) is 1. The first kappa shape index (κ1) is 11.7. The van der Waals surface area contributed by atoms with Crippen LogP contribution in [-0.4, -0.2) is 23.1 Å². The Morgan fingerprint density at radius 2 is 2.22 bits per heavy atom. The Labute approximate surface area is 108 Å². The minimum Gasteiger partial charge on any atom is -0.331 e. The highest BCUT2D eigenvalue weighted by molar-refractivity contribution is 5.77. The predicted molar refractivity (Wildman–Crippen MR) is 74.9 cm³/mol. The van der Waals surface area contributed by atoms with E-state index in [9.17, 15) is 0 Å². The Hall–Kier alpha value is -1.35. The minimum absolute atomic E-state index is 0.697. The molecule has 1 aliphatic carbocycles. The summed E-state index contributed by atoms with van der Waals surface area (Å²) in [7, 11) is 4.15. The largest absolute Gasteiger partial charge is 0.331 e. The Balaban J connectivity index is 1.96. The molecular weight excluding hydrogens is 222 g/mol. The van der Waals surface area contributed by atoms with E-state index in [1.165, 1.54) is 36.2 Å². The number of likely N-dealkylation sites (N-methyl/N-ethyl adjacent to an activating group) is 1. The fourth-order valence-corrected chi connectivity index (χ4v) is 2.71. The number of aromatic nitrogens is 2. The van der Waals surface area contributed by atoms with Crippen molar-refractivity contribution in [3.05, 3.63) is 29.6 Å². The standard InChI is InChI=1S/C15H21N3/c1-16-9-8-11-6-7-13-14(10-11)18(2)15(17-13)12-4-3-5-12/h6-7,10,12,16H,3-5,8-9H2,1-2H3. The van der Waals surface area contributed by atoms with Gasteiger partial charge in [0.05, 0.1) is 11.0 Å². The summed E-state index contributed by atoms with van der Waals surface area (Å²) in [5.41, 5.74) is 3.82. The van der Waals surface area contributed by atoms with Crippen molar-refractivity contribution in [1.82, 2.24) is 14.9 Å². The Morgan fingerprint density at radius 1 is 1.39 bits per heavy atom. The van der Waals surface area contributed by atoms with Gasteiger partial charge in [-0.15, -0.1) is 0 Å². The number of nitrogens with zero attached hydrogens (tertiary/aromatic N) is 2. The third-order valence-electron chi connectivity index (χ3n) is 4.11. The normalized spacial score (nSPS) is 16.1. The summed E-state index contributed by atoms with van der Waals surface area (Å²) < 4.78 is 2.29. The zero-order chi connectivity index (χ0) is 12.5. The summed E-state index contributed by atoms with van der Waals surface area (Å²) in [5, 5.41) is 3.20. The summed E-state index contributed by atoms with van der Waals surface area (Å²) in [5.74, 6) is 1.98. The van der Waals surface area contributed by atoms with Gasteiger partial charge in [0.25, 0.3) is 0 Å². The molecule has 1 aliphatic rings. The van der Waals surface area contributed by atoms with Crippen molar-refractivity contribution in [2.75, 3.05) is 13.6 Å². The van der Waals surface area contributed by atoms with Crippen LogP contribution in [0.2, 0.25) is 0 Å². The smallest absolute Gasteiger partial charge is 0.112 e. The number of fused-ring (bicyclic) bond motifs is 1. The quantitative estimate of drug-likeness (QED) is 0.894. The van der Waals surface area contributed by atoms with E-state index in [0.29, 0.717) is 5.92 Å². The highest BCUT2D eigenvalue weighted by Gasteiger charge is 2.24. The van der Waals surface area contributed by atoms with Gasteiger partial charge in [-0.2, -0.15) is 0 Å². The van der Waals surface area contributed by atoms with Gasteiger partial charge in [0.15, 0.2) is 0 Å². The zero-order valence-electron chi connectivity index (χ0n) is 11.2. The SMILES string of the molecule is CNCCc1ccc2nc(C3CCC3)n(C)c2c1. The Kier molecular flexibility index (Phi) is 3.08. The van der Waals surface area contributed by atoms with Crippen molar-refractivity contribution in [2.45, 2.75) is 31.6 Å². The molecule has 1 N–H and O–H groups in total. The van der Waals surface area contributed by atoms with Gasteiger partial charge in [0, 0.05) is 13.0 Å². The Morgan fingerprint density at radius 3 is 2.89 bits per heavy atom. The van der Waals surface area contributed by atoms with Crippen LogP contribution in [0.4, 0.5) is 0 Å². The van der Waals surface area contributed by atoms with E-state index in [2.05, 4.69) is 35.1 Å². The van der Waals surface area contributed by atoms with Crippen LogP contribution >= 0.6 is 0 Å². The van der Waals surface area contributed by atoms with Crippen molar-refractivity contribution in [2.24, 2.45) is 7.05 Å². The van der Waals surface area contributed by atoms with E-state index in [0.717, 1.165) is 18.5 Å². The lowest BCUT2D eigenvalue weighted by Crippen LogP contribution is -2.13. The van der Waals surface area contributed by atoms with Crippen molar-refractivity contribution < 1.29 is 0 Å². The van der Waals surface area contributed by atoms with Gasteiger partial charge in [0.1, 0.15) is 5.82 Å². The van der Waals surface area contributed by atoms with Gasteiger partial charge in [-0.3, -0.25) is 0 Å². The van der Waals surface area contributed by atoms with Crippen molar-refractivity contribution in [1.29, 1.82) is 0 Å². The lowest BCUT2D eigenvalue weighted by molar-refractivity contribution is 0.395. The summed E-state index contributed by atoms with van der Waals surface area (Å²) >= 11 is 0. The molecule has 1 saturated carbocycles. The minimum atomic E-state index is 0.697. The number of nitrogens with one attached hydrogen (secondary N) is 1. The average Bonchev–Trinajstić information content (AvgIpc) is 2.63. The van der Waals surface area contributed by atoms with E-state index < -0.39 is 0 Å². The van der Waals surface area contributed by atoms with Crippen molar-refractivity contribution in [3.63, 3.8) is 0 Å². The fraction of sp³-hybridized carbons (Fsp3) is 0.533. The second-order valence-corrected chi connectivity index (χ2v) is 5.33. The Bertz CT molecular complexity index is 552. The molecule has 3 nitrogen and oxygen atoms in total. The van der Waals surface area contributed by atoms with E-state index in [1.54, 1.807) is 0 Å². The van der Waals surface area contributed by atoms with Gasteiger partial charge >= 0.3 is 0 Å². The first-order valence-electron chi connectivity index (χ1n) is 6.89. The summed E-state index contributed by atoms with van der Waals surface area (Å²) in [6.45, 7) is 1.03. The average molecular weight is 243 g/mol. The maximum absolute atomic E-state index is 4.80. The van der Waals surface area contributed by atoms with Gasteiger partial charge in [0.2, 0.25) is 0 Å². The summed E-state index contributed by atoms with van der Waals surface area (Å²) in [4.78, 5) is 4.80. The molecule has 3 rings (SSSR count). The molecule has 0 aliphatic heterocycles. The van der Waals surface area contributed by atoms with Crippen LogP contribution in [0.15, 0.2) is 18.2 Å². The number of rotatable bonds is 4. The maximum atomic E-state index is 4.80. The lowest BCUT2D eigenvalue weighted by atomic mass is 9.85. The van der Waals surface area contributed by atoms with Crippen LogP contribution in [0.1, 0.15) is 36.6 Å². The van der Waals surface area contributed by atoms with Crippen LogP contribution in [0, 0.1) is 0 Å². The van der Waals surface area contributed by atoms with Gasteiger partial charge in [-0.1, -0.05) is 12.5 Å². The molecule has 0 saturated heterocycles. The fourth-order valence-electron chi connectivity index (χ4n) is 2.71. The number of aryl methyl sites for hydroxylation is 1. The molecule has 3 heteroatoms. The first-order chi connectivity index (χ1) is 8.79. The molecule has 0 amide bonds. The predicted octanol–water partition coefficient (Wildman–Crippen LogP) is 2.60. The summed E-state index contributed by atoms with van der Waals surface area (Å²) in [6, 6.07) is 6.67. The van der Waals surface area contributed by atoms with Crippen LogP contribution in [0.3, 0.4) is 0 Å². The molecule has 0 radical (unpaired) electrons. The molecule has 1 heterocycles. The summed E-state index contributed by atoms with van der Waals surface area (Å²) in [6.07, 6.45) is 5.06.